The number of ether oxygens (including phenoxy) is 2. The summed E-state index contributed by atoms with van der Waals surface area (Å²) in [5.41, 5.74) is 1.19. The van der Waals surface area contributed by atoms with Crippen LogP contribution in [-0.4, -0.2) is 49.7 Å². The maximum Gasteiger partial charge on any atom is 0.137 e. The number of para-hydroxylation sites is 1. The molecule has 1 fully saturated rings. The Bertz CT molecular complexity index is 453. The average molecular weight is 308 g/mol. The molecule has 124 valence electrons. The van der Waals surface area contributed by atoms with Crippen molar-refractivity contribution in [2.24, 2.45) is 0 Å². The van der Waals surface area contributed by atoms with Gasteiger partial charge in [-0.3, -0.25) is 0 Å². The molecule has 0 spiro atoms. The van der Waals surface area contributed by atoms with Crippen molar-refractivity contribution in [2.45, 2.75) is 51.9 Å². The number of benzene rings is 1. The largest absolute Gasteiger partial charge is 0.490 e. The predicted octanol–water partition coefficient (Wildman–Crippen LogP) is 1.24. The highest BCUT2D eigenvalue weighted by molar-refractivity contribution is 5.35. The van der Waals surface area contributed by atoms with E-state index in [0.29, 0.717) is 19.1 Å². The van der Waals surface area contributed by atoms with E-state index in [1.807, 2.05) is 18.2 Å². The van der Waals surface area contributed by atoms with Crippen LogP contribution < -0.4 is 9.64 Å². The SMILES string of the molecule is CC(C)c1ccccc1OC[C@@H](O)C[NH+]1C[C@@H](C)O[C@H](C)C1. The molecule has 1 aromatic carbocycles. The summed E-state index contributed by atoms with van der Waals surface area (Å²) in [6, 6.07) is 8.07. The molecule has 4 nitrogen and oxygen atoms in total. The number of hydrogen-bond acceptors (Lipinski definition) is 3. The molecular formula is C18H30NO3+. The molecule has 1 aliphatic heterocycles. The van der Waals surface area contributed by atoms with Crippen LogP contribution in [-0.2, 0) is 4.74 Å². The molecular weight excluding hydrogens is 278 g/mol. The summed E-state index contributed by atoms with van der Waals surface area (Å²) in [4.78, 5) is 1.39. The van der Waals surface area contributed by atoms with Gasteiger partial charge in [-0.25, -0.2) is 0 Å². The highest BCUT2D eigenvalue weighted by Crippen LogP contribution is 2.25. The topological polar surface area (TPSA) is 43.1 Å². The summed E-state index contributed by atoms with van der Waals surface area (Å²) in [6.07, 6.45) is 0.0646. The van der Waals surface area contributed by atoms with Crippen molar-refractivity contribution >= 4 is 0 Å². The maximum absolute atomic E-state index is 10.3. The minimum atomic E-state index is -0.451. The number of nitrogens with one attached hydrogen (secondary N) is 1. The highest BCUT2D eigenvalue weighted by atomic mass is 16.5. The van der Waals surface area contributed by atoms with Gasteiger partial charge in [-0.15, -0.1) is 0 Å². The van der Waals surface area contributed by atoms with Gasteiger partial charge in [0.15, 0.2) is 0 Å². The lowest BCUT2D eigenvalue weighted by molar-refractivity contribution is -0.918. The van der Waals surface area contributed by atoms with Crippen LogP contribution in [0.4, 0.5) is 0 Å². The standard InChI is InChI=1S/C18H29NO3/c1-13(2)17-7-5-6-8-18(17)21-12-16(20)11-19-9-14(3)22-15(4)10-19/h5-8,13-16,20H,9-12H2,1-4H3/p+1/t14-,15-,16+/m1/s1. The first-order chi connectivity index (χ1) is 10.5. The molecule has 2 N–H and O–H groups in total. The zero-order valence-electron chi connectivity index (χ0n) is 14.2. The summed E-state index contributed by atoms with van der Waals surface area (Å²) in [5.74, 6) is 1.30. The predicted molar refractivity (Wildman–Crippen MR) is 87.6 cm³/mol. The van der Waals surface area contributed by atoms with Crippen LogP contribution in [0.3, 0.4) is 0 Å². The molecule has 0 amide bonds. The normalized spacial score (nSPS) is 26.9. The monoisotopic (exact) mass is 308 g/mol. The van der Waals surface area contributed by atoms with Gasteiger partial charge in [0.1, 0.15) is 50.3 Å². The fourth-order valence-corrected chi connectivity index (χ4v) is 3.22. The molecule has 1 aromatic rings. The zero-order valence-corrected chi connectivity index (χ0v) is 14.2. The van der Waals surface area contributed by atoms with Crippen molar-refractivity contribution < 1.29 is 19.5 Å². The molecule has 3 atom stereocenters. The van der Waals surface area contributed by atoms with Gasteiger partial charge in [-0.2, -0.15) is 0 Å². The molecule has 22 heavy (non-hydrogen) atoms. The van der Waals surface area contributed by atoms with E-state index in [9.17, 15) is 5.11 Å². The van der Waals surface area contributed by atoms with E-state index in [0.717, 1.165) is 18.8 Å². The van der Waals surface area contributed by atoms with Gasteiger partial charge in [-0.1, -0.05) is 32.0 Å². The second-order valence-corrected chi connectivity index (χ2v) is 6.78. The average Bonchev–Trinajstić information content (AvgIpc) is 2.44. The minimum absolute atomic E-state index is 0.258. The third-order valence-corrected chi connectivity index (χ3v) is 4.11. The lowest BCUT2D eigenvalue weighted by atomic mass is 10.0. The van der Waals surface area contributed by atoms with Crippen LogP contribution >= 0.6 is 0 Å². The van der Waals surface area contributed by atoms with Crippen LogP contribution in [0.1, 0.15) is 39.2 Å². The van der Waals surface area contributed by atoms with Gasteiger partial charge in [0.05, 0.1) is 0 Å². The third-order valence-electron chi connectivity index (χ3n) is 4.11. The van der Waals surface area contributed by atoms with Crippen molar-refractivity contribution in [3.63, 3.8) is 0 Å². The van der Waals surface area contributed by atoms with Crippen molar-refractivity contribution in [1.29, 1.82) is 0 Å². The van der Waals surface area contributed by atoms with Crippen molar-refractivity contribution in [1.82, 2.24) is 0 Å². The van der Waals surface area contributed by atoms with E-state index in [-0.39, 0.29) is 12.2 Å². The smallest absolute Gasteiger partial charge is 0.137 e. The number of aliphatic hydroxyl groups excluding tert-OH is 1. The van der Waals surface area contributed by atoms with Gasteiger partial charge in [-0.05, 0) is 31.4 Å². The maximum atomic E-state index is 10.3. The highest BCUT2D eigenvalue weighted by Gasteiger charge is 2.27. The third kappa shape index (κ3) is 4.97. The lowest BCUT2D eigenvalue weighted by Gasteiger charge is -2.33. The van der Waals surface area contributed by atoms with E-state index >= 15 is 0 Å². The van der Waals surface area contributed by atoms with Crippen molar-refractivity contribution in [2.75, 3.05) is 26.2 Å². The molecule has 0 bridgehead atoms. The number of aliphatic hydroxyl groups is 1. The molecule has 4 heteroatoms. The van der Waals surface area contributed by atoms with E-state index in [2.05, 4.69) is 33.8 Å². The van der Waals surface area contributed by atoms with Crippen LogP contribution in [0.15, 0.2) is 24.3 Å². The first-order valence-corrected chi connectivity index (χ1v) is 8.34. The first-order valence-electron chi connectivity index (χ1n) is 8.34. The van der Waals surface area contributed by atoms with E-state index < -0.39 is 6.10 Å². The lowest BCUT2D eigenvalue weighted by Crippen LogP contribution is -3.16. The second kappa shape index (κ2) is 7.95. The molecule has 1 aliphatic rings. The Morgan fingerprint density at radius 3 is 2.50 bits per heavy atom. The van der Waals surface area contributed by atoms with Crippen LogP contribution in [0.2, 0.25) is 0 Å². The summed E-state index contributed by atoms with van der Waals surface area (Å²) < 4.78 is 11.6. The summed E-state index contributed by atoms with van der Waals surface area (Å²) >= 11 is 0. The Kier molecular flexibility index (Phi) is 6.24. The molecule has 0 saturated carbocycles. The molecule has 1 saturated heterocycles. The summed E-state index contributed by atoms with van der Waals surface area (Å²) in [6.45, 7) is 11.4. The molecule has 2 rings (SSSR count). The Morgan fingerprint density at radius 1 is 1.23 bits per heavy atom. The number of morpholine rings is 1. The molecule has 0 unspecified atom stereocenters. The Morgan fingerprint density at radius 2 is 1.86 bits per heavy atom. The molecule has 0 aromatic heterocycles. The second-order valence-electron chi connectivity index (χ2n) is 6.78. The van der Waals surface area contributed by atoms with E-state index in [4.69, 9.17) is 9.47 Å². The van der Waals surface area contributed by atoms with E-state index in [1.54, 1.807) is 0 Å². The zero-order chi connectivity index (χ0) is 16.1. The first kappa shape index (κ1) is 17.3. The molecule has 0 radical (unpaired) electrons. The molecule has 1 heterocycles. The molecule has 0 aliphatic carbocycles. The Hall–Kier alpha value is -1.10. The van der Waals surface area contributed by atoms with Gasteiger partial charge >= 0.3 is 0 Å². The van der Waals surface area contributed by atoms with Crippen LogP contribution in [0.25, 0.3) is 0 Å². The van der Waals surface area contributed by atoms with Gasteiger partial charge < -0.3 is 19.5 Å². The van der Waals surface area contributed by atoms with Crippen molar-refractivity contribution in [3.8, 4) is 5.75 Å². The van der Waals surface area contributed by atoms with E-state index in [1.165, 1.54) is 10.5 Å². The summed E-state index contributed by atoms with van der Waals surface area (Å²) in [5, 5.41) is 10.3. The van der Waals surface area contributed by atoms with Gasteiger partial charge in [0.25, 0.3) is 0 Å². The summed E-state index contributed by atoms with van der Waals surface area (Å²) in [7, 11) is 0. The quantitative estimate of drug-likeness (QED) is 0.831. The fourth-order valence-electron chi connectivity index (χ4n) is 3.22. The number of rotatable bonds is 6. The Balaban J connectivity index is 1.84. The Labute approximate surface area is 134 Å². The number of hydrogen-bond donors (Lipinski definition) is 2. The van der Waals surface area contributed by atoms with Crippen LogP contribution in [0.5, 0.6) is 5.75 Å². The van der Waals surface area contributed by atoms with Crippen molar-refractivity contribution in [3.05, 3.63) is 29.8 Å². The van der Waals surface area contributed by atoms with Crippen LogP contribution in [0, 0.1) is 0 Å². The van der Waals surface area contributed by atoms with Gasteiger partial charge in [0.2, 0.25) is 0 Å². The van der Waals surface area contributed by atoms with Gasteiger partial charge in [0, 0.05) is 0 Å². The fraction of sp³-hybridized carbons (Fsp3) is 0.667. The minimum Gasteiger partial charge on any atom is -0.490 e. The number of quaternary nitrogens is 1.